The summed E-state index contributed by atoms with van der Waals surface area (Å²) in [4.78, 5) is 14.3. The van der Waals surface area contributed by atoms with Gasteiger partial charge in [0, 0.05) is 60.8 Å². The van der Waals surface area contributed by atoms with Crippen molar-refractivity contribution in [1.82, 2.24) is 20.2 Å². The van der Waals surface area contributed by atoms with Crippen molar-refractivity contribution in [3.05, 3.63) is 52.6 Å². The summed E-state index contributed by atoms with van der Waals surface area (Å²) in [6.45, 7) is 4.53. The molecule has 1 aromatic heterocycles. The maximum absolute atomic E-state index is 17.3. The van der Waals surface area contributed by atoms with Gasteiger partial charge in [-0.15, -0.1) is 0 Å². The van der Waals surface area contributed by atoms with Gasteiger partial charge >= 0.3 is 6.01 Å². The number of benzene rings is 3. The number of ether oxygens (including phenoxy) is 2. The minimum atomic E-state index is -0.627. The van der Waals surface area contributed by atoms with Crippen molar-refractivity contribution in [2.75, 3.05) is 44.3 Å². The van der Waals surface area contributed by atoms with Gasteiger partial charge in [-0.05, 0) is 103 Å². The SMILES string of the molecule is Oc1cc(-c2c(Cl)cc3c(N4CC5CCC(C4)N5)nc(OCCCN4CC5CCC4CO5)nc3c2F)c2c(C34CC(C3)C4)c(F)ccc2c1. The van der Waals surface area contributed by atoms with Crippen LogP contribution in [0.4, 0.5) is 14.6 Å². The molecular weight excluding hydrogens is 648 g/mol. The number of fused-ring (bicyclic) bond motifs is 7. The van der Waals surface area contributed by atoms with Crippen LogP contribution in [0.15, 0.2) is 30.3 Å². The second kappa shape index (κ2) is 11.4. The van der Waals surface area contributed by atoms with Crippen LogP contribution in [0.2, 0.25) is 5.02 Å². The highest BCUT2D eigenvalue weighted by Crippen LogP contribution is 2.67. The van der Waals surface area contributed by atoms with Gasteiger partial charge in [-0.2, -0.15) is 9.97 Å². The summed E-state index contributed by atoms with van der Waals surface area (Å²) in [5.41, 5.74) is 0.942. The molecule has 6 bridgehead atoms. The van der Waals surface area contributed by atoms with Crippen LogP contribution in [0.3, 0.4) is 0 Å². The van der Waals surface area contributed by atoms with E-state index in [9.17, 15) is 5.11 Å². The third-order valence-electron chi connectivity index (χ3n) is 12.4. The molecule has 3 aromatic carbocycles. The molecule has 2 N–H and O–H groups in total. The Morgan fingerprint density at radius 1 is 1.02 bits per heavy atom. The van der Waals surface area contributed by atoms with E-state index >= 15 is 8.78 Å². The molecular formula is C38H40ClF2N5O3. The number of hydrogen-bond donors (Lipinski definition) is 2. The van der Waals surface area contributed by atoms with Gasteiger partial charge in [0.2, 0.25) is 0 Å². The van der Waals surface area contributed by atoms with E-state index in [1.165, 1.54) is 18.6 Å². The fourth-order valence-electron chi connectivity index (χ4n) is 9.95. The van der Waals surface area contributed by atoms with Crippen LogP contribution in [-0.4, -0.2) is 83.6 Å². The Labute approximate surface area is 288 Å². The molecule has 12 rings (SSSR count). The number of halogens is 3. The van der Waals surface area contributed by atoms with Gasteiger partial charge < -0.3 is 24.8 Å². The Bertz CT molecular complexity index is 1980. The molecule has 5 aliphatic heterocycles. The Balaban J connectivity index is 1.06. The van der Waals surface area contributed by atoms with Crippen LogP contribution in [0.25, 0.3) is 32.8 Å². The number of rotatable bonds is 8. The van der Waals surface area contributed by atoms with E-state index in [4.69, 9.17) is 26.1 Å². The number of nitrogens with one attached hydrogen (secondary N) is 1. The van der Waals surface area contributed by atoms with Crippen LogP contribution in [-0.2, 0) is 10.2 Å². The number of morpholine rings is 1. The van der Waals surface area contributed by atoms with Gasteiger partial charge in [0.1, 0.15) is 22.9 Å². The minimum Gasteiger partial charge on any atom is -0.508 e. The quantitative estimate of drug-likeness (QED) is 0.198. The maximum atomic E-state index is 17.3. The van der Waals surface area contributed by atoms with E-state index < -0.39 is 5.82 Å². The fraction of sp³-hybridized carbons (Fsp3) is 0.526. The topological polar surface area (TPSA) is 83.0 Å². The second-order valence-electron chi connectivity index (χ2n) is 15.5. The molecule has 8 fully saturated rings. The van der Waals surface area contributed by atoms with Gasteiger partial charge in [-0.3, -0.25) is 4.90 Å². The third kappa shape index (κ3) is 4.92. The number of hydrogen-bond acceptors (Lipinski definition) is 8. The number of phenolic OH excluding ortho intramolecular Hbond substituents is 1. The minimum absolute atomic E-state index is 0.0367. The average molecular weight is 688 g/mol. The molecule has 0 spiro atoms. The van der Waals surface area contributed by atoms with Gasteiger partial charge in [0.25, 0.3) is 0 Å². The van der Waals surface area contributed by atoms with Crippen molar-refractivity contribution in [3.63, 3.8) is 0 Å². The van der Waals surface area contributed by atoms with Crippen LogP contribution in [0.1, 0.15) is 56.9 Å². The zero-order valence-corrected chi connectivity index (χ0v) is 28.1. The molecule has 0 amide bonds. The van der Waals surface area contributed by atoms with Crippen molar-refractivity contribution in [1.29, 1.82) is 0 Å². The fourth-order valence-corrected chi connectivity index (χ4v) is 10.2. The number of nitrogens with zero attached hydrogens (tertiary/aromatic N) is 4. The van der Waals surface area contributed by atoms with Crippen molar-refractivity contribution >= 4 is 39.1 Å². The lowest BCUT2D eigenvalue weighted by atomic mass is 9.42. The summed E-state index contributed by atoms with van der Waals surface area (Å²) in [7, 11) is 0. The number of piperidine rings is 1. The lowest BCUT2D eigenvalue weighted by molar-refractivity contribution is -0.106. The summed E-state index contributed by atoms with van der Waals surface area (Å²) in [5.74, 6) is 0.267. The number of anilines is 1. The lowest BCUT2D eigenvalue weighted by Crippen LogP contribution is -2.55. The second-order valence-corrected chi connectivity index (χ2v) is 15.9. The van der Waals surface area contributed by atoms with E-state index in [0.717, 1.165) is 77.7 Å². The highest BCUT2D eigenvalue weighted by Gasteiger charge is 2.59. The lowest BCUT2D eigenvalue weighted by Gasteiger charge is -2.62. The van der Waals surface area contributed by atoms with Gasteiger partial charge in [0.15, 0.2) is 5.82 Å². The molecule has 11 heteroatoms. The first-order valence-electron chi connectivity index (χ1n) is 18.0. The summed E-state index contributed by atoms with van der Waals surface area (Å²) >= 11 is 7.04. The van der Waals surface area contributed by atoms with E-state index in [0.29, 0.717) is 69.9 Å². The number of piperazine rings is 1. The molecule has 4 atom stereocenters. The predicted octanol–water partition coefficient (Wildman–Crippen LogP) is 6.71. The molecule has 256 valence electrons. The largest absolute Gasteiger partial charge is 0.508 e. The maximum Gasteiger partial charge on any atom is 0.319 e. The molecule has 49 heavy (non-hydrogen) atoms. The zero-order valence-electron chi connectivity index (χ0n) is 27.4. The molecule has 3 aliphatic carbocycles. The molecule has 4 aromatic rings. The first-order chi connectivity index (χ1) is 23.8. The monoisotopic (exact) mass is 687 g/mol. The molecule has 5 saturated heterocycles. The molecule has 0 radical (unpaired) electrons. The Kier molecular flexibility index (Phi) is 7.07. The van der Waals surface area contributed by atoms with Gasteiger partial charge in [0.05, 0.1) is 24.3 Å². The number of aromatic hydroxyl groups is 1. The Morgan fingerprint density at radius 3 is 2.53 bits per heavy atom. The summed E-state index contributed by atoms with van der Waals surface area (Å²) < 4.78 is 45.1. The van der Waals surface area contributed by atoms with Crippen molar-refractivity contribution in [2.24, 2.45) is 5.92 Å². The average Bonchev–Trinajstić information content (AvgIpc) is 3.40. The van der Waals surface area contributed by atoms with E-state index in [-0.39, 0.29) is 39.1 Å². The van der Waals surface area contributed by atoms with Crippen LogP contribution < -0.4 is 15.0 Å². The number of aromatic nitrogens is 2. The molecule has 3 saturated carbocycles. The van der Waals surface area contributed by atoms with E-state index in [2.05, 4.69) is 20.1 Å². The first-order valence-corrected chi connectivity index (χ1v) is 18.3. The third-order valence-corrected chi connectivity index (χ3v) is 12.7. The highest BCUT2D eigenvalue weighted by molar-refractivity contribution is 6.35. The number of phenols is 1. The normalized spacial score (nSPS) is 30.2. The Hall–Kier alpha value is -3.31. The van der Waals surface area contributed by atoms with Crippen molar-refractivity contribution in [2.45, 2.75) is 81.0 Å². The zero-order chi connectivity index (χ0) is 33.0. The van der Waals surface area contributed by atoms with Crippen LogP contribution in [0.5, 0.6) is 11.8 Å². The summed E-state index contributed by atoms with van der Waals surface area (Å²) in [6.07, 6.45) is 8.36. The standard InChI is InChI=1S/C38H40ClF2N5O3/c39-29-12-28-35(34(41)32(29)27-11-25(47)10-21-2-7-30(40)33(31(21)27)38-13-20(14-38)15-38)43-37(44-36(28)46-16-22-3-4-23(17-46)42-22)48-9-1-8-45-18-26-6-5-24(45)19-49-26/h2,7,10-12,20,22-24,26,42,47H,1,3-6,8-9,13-19H2. The van der Waals surface area contributed by atoms with E-state index in [1.54, 1.807) is 18.2 Å². The van der Waals surface area contributed by atoms with E-state index in [1.807, 2.05) is 0 Å². The van der Waals surface area contributed by atoms with Gasteiger partial charge in [-0.25, -0.2) is 8.78 Å². The molecule has 4 unspecified atom stereocenters. The summed E-state index contributed by atoms with van der Waals surface area (Å²) in [5, 5.41) is 16.5. The van der Waals surface area contributed by atoms with Crippen LogP contribution in [0, 0.1) is 17.6 Å². The smallest absolute Gasteiger partial charge is 0.319 e. The molecule has 6 heterocycles. The highest BCUT2D eigenvalue weighted by atomic mass is 35.5. The van der Waals surface area contributed by atoms with Crippen molar-refractivity contribution < 1.29 is 23.4 Å². The Morgan fingerprint density at radius 2 is 1.84 bits per heavy atom. The van der Waals surface area contributed by atoms with Crippen molar-refractivity contribution in [3.8, 4) is 22.9 Å². The predicted molar refractivity (Wildman–Crippen MR) is 185 cm³/mol. The van der Waals surface area contributed by atoms with Gasteiger partial charge in [-0.1, -0.05) is 17.7 Å². The molecule has 8 aliphatic rings. The first kappa shape index (κ1) is 30.5. The summed E-state index contributed by atoms with van der Waals surface area (Å²) in [6, 6.07) is 9.25. The van der Waals surface area contributed by atoms with Crippen LogP contribution >= 0.6 is 11.6 Å². The molecule has 8 nitrogen and oxygen atoms in total.